The summed E-state index contributed by atoms with van der Waals surface area (Å²) in [6.07, 6.45) is 1.75. The highest BCUT2D eigenvalue weighted by molar-refractivity contribution is 5.95. The molecule has 1 fully saturated rings. The Bertz CT molecular complexity index is 487. The van der Waals surface area contributed by atoms with Crippen LogP contribution in [0.4, 0.5) is 14.5 Å². The van der Waals surface area contributed by atoms with Crippen LogP contribution in [0.15, 0.2) is 12.1 Å². The van der Waals surface area contributed by atoms with Crippen molar-refractivity contribution in [2.75, 3.05) is 32.1 Å². The summed E-state index contributed by atoms with van der Waals surface area (Å²) in [6, 6.07) is 2.36. The van der Waals surface area contributed by atoms with E-state index in [1.54, 1.807) is 11.9 Å². The Morgan fingerprint density at radius 2 is 1.80 bits per heavy atom. The van der Waals surface area contributed by atoms with E-state index in [2.05, 4.69) is 4.90 Å². The molecule has 3 N–H and O–H groups in total. The van der Waals surface area contributed by atoms with Crippen LogP contribution in [0.2, 0.25) is 0 Å². The fourth-order valence-electron chi connectivity index (χ4n) is 2.62. The van der Waals surface area contributed by atoms with Crippen LogP contribution in [0.3, 0.4) is 0 Å². The molecule has 0 unspecified atom stereocenters. The molecule has 1 aliphatic rings. The fourth-order valence-corrected chi connectivity index (χ4v) is 2.62. The van der Waals surface area contributed by atoms with Crippen LogP contribution >= 0.6 is 0 Å². The van der Waals surface area contributed by atoms with Crippen molar-refractivity contribution < 1.29 is 8.78 Å². The molecule has 110 valence electrons. The highest BCUT2D eigenvalue weighted by atomic mass is 19.1. The predicted molar refractivity (Wildman–Crippen MR) is 76.3 cm³/mol. The molecule has 0 saturated carbocycles. The first-order chi connectivity index (χ1) is 9.40. The summed E-state index contributed by atoms with van der Waals surface area (Å²) in [7, 11) is 3.75. The van der Waals surface area contributed by atoms with Crippen molar-refractivity contribution in [3.63, 3.8) is 0 Å². The fraction of sp³-hybridized carbons (Fsp3) is 0.500. The third-order valence-corrected chi connectivity index (χ3v) is 3.92. The first-order valence-electron chi connectivity index (χ1n) is 6.65. The number of nitrogen functional groups attached to an aromatic ring is 1. The maximum absolute atomic E-state index is 14.1. The lowest BCUT2D eigenvalue weighted by atomic mass is 10.0. The average molecular weight is 282 g/mol. The Kier molecular flexibility index (Phi) is 4.23. The van der Waals surface area contributed by atoms with Crippen molar-refractivity contribution in [2.24, 2.45) is 5.73 Å². The van der Waals surface area contributed by atoms with Crippen molar-refractivity contribution in [2.45, 2.75) is 18.9 Å². The van der Waals surface area contributed by atoms with Gasteiger partial charge < -0.3 is 15.5 Å². The van der Waals surface area contributed by atoms with Gasteiger partial charge in [-0.1, -0.05) is 0 Å². The smallest absolute Gasteiger partial charge is 0.150 e. The predicted octanol–water partition coefficient (Wildman–Crippen LogP) is 1.78. The largest absolute Gasteiger partial charge is 0.384 e. The number of nitrogens with one attached hydrogen (secondary N) is 1. The monoisotopic (exact) mass is 282 g/mol. The molecule has 0 bridgehead atoms. The van der Waals surface area contributed by atoms with Gasteiger partial charge in [0.1, 0.15) is 23.2 Å². The summed E-state index contributed by atoms with van der Waals surface area (Å²) in [5, 5.41) is 7.25. The number of nitrogens with zero attached hydrogens (tertiary/aromatic N) is 2. The zero-order valence-corrected chi connectivity index (χ0v) is 11.8. The lowest BCUT2D eigenvalue weighted by Crippen LogP contribution is -2.42. The minimum atomic E-state index is -0.670. The zero-order valence-electron chi connectivity index (χ0n) is 11.8. The molecule has 0 amide bonds. The standard InChI is InChI=1S/C14H20F2N4/c1-19-5-3-10(4-6-19)20(2)13-11(15)7-9(14(17)18)8-12(13)16/h7-8,10H,3-6H2,1-2H3,(H3,17,18). The van der Waals surface area contributed by atoms with Crippen molar-refractivity contribution in [1.29, 1.82) is 5.41 Å². The van der Waals surface area contributed by atoms with Gasteiger partial charge in [-0.3, -0.25) is 5.41 Å². The maximum Gasteiger partial charge on any atom is 0.150 e. The molecule has 0 aromatic heterocycles. The lowest BCUT2D eigenvalue weighted by molar-refractivity contribution is 0.252. The van der Waals surface area contributed by atoms with Crippen LogP contribution in [-0.2, 0) is 0 Å². The summed E-state index contributed by atoms with van der Waals surface area (Å²) >= 11 is 0. The molecular formula is C14H20F2N4. The number of rotatable bonds is 3. The zero-order chi connectivity index (χ0) is 14.9. The molecule has 4 nitrogen and oxygen atoms in total. The number of hydrogen-bond acceptors (Lipinski definition) is 3. The number of piperidine rings is 1. The molecule has 0 aliphatic carbocycles. The van der Waals surface area contributed by atoms with E-state index in [9.17, 15) is 8.78 Å². The highest BCUT2D eigenvalue weighted by Crippen LogP contribution is 2.28. The number of hydrogen-bond donors (Lipinski definition) is 2. The number of nitrogens with two attached hydrogens (primary N) is 1. The van der Waals surface area contributed by atoms with Gasteiger partial charge in [-0.15, -0.1) is 0 Å². The minimum Gasteiger partial charge on any atom is -0.384 e. The van der Waals surface area contributed by atoms with Crippen LogP contribution in [0.1, 0.15) is 18.4 Å². The molecule has 20 heavy (non-hydrogen) atoms. The van der Waals surface area contributed by atoms with E-state index in [-0.39, 0.29) is 23.1 Å². The van der Waals surface area contributed by atoms with Crippen LogP contribution in [0.25, 0.3) is 0 Å². The first-order valence-corrected chi connectivity index (χ1v) is 6.65. The van der Waals surface area contributed by atoms with Gasteiger partial charge in [0.25, 0.3) is 0 Å². The third kappa shape index (κ3) is 2.90. The molecule has 1 aliphatic heterocycles. The van der Waals surface area contributed by atoms with E-state index in [1.165, 1.54) is 0 Å². The Hall–Kier alpha value is -1.69. The quantitative estimate of drug-likeness (QED) is 0.656. The van der Waals surface area contributed by atoms with Gasteiger partial charge in [0, 0.05) is 18.7 Å². The Balaban J connectivity index is 2.26. The van der Waals surface area contributed by atoms with E-state index in [0.29, 0.717) is 0 Å². The van der Waals surface area contributed by atoms with Gasteiger partial charge in [0.05, 0.1) is 0 Å². The number of amidine groups is 1. The second kappa shape index (κ2) is 5.75. The average Bonchev–Trinajstić information content (AvgIpc) is 2.38. The number of halogens is 2. The van der Waals surface area contributed by atoms with Gasteiger partial charge in [-0.05, 0) is 45.1 Å². The van der Waals surface area contributed by atoms with E-state index in [4.69, 9.17) is 11.1 Å². The van der Waals surface area contributed by atoms with E-state index < -0.39 is 11.6 Å². The van der Waals surface area contributed by atoms with Gasteiger partial charge in [-0.25, -0.2) is 8.78 Å². The van der Waals surface area contributed by atoms with Crippen LogP contribution < -0.4 is 10.6 Å². The van der Waals surface area contributed by atoms with Crippen molar-refractivity contribution >= 4 is 11.5 Å². The highest BCUT2D eigenvalue weighted by Gasteiger charge is 2.25. The normalized spacial score (nSPS) is 17.2. The van der Waals surface area contributed by atoms with Crippen LogP contribution in [0.5, 0.6) is 0 Å². The summed E-state index contributed by atoms with van der Waals surface area (Å²) in [5.41, 5.74) is 5.30. The van der Waals surface area contributed by atoms with Crippen molar-refractivity contribution in [3.8, 4) is 0 Å². The molecule has 1 heterocycles. The minimum absolute atomic E-state index is 0.0375. The van der Waals surface area contributed by atoms with Gasteiger partial charge in [-0.2, -0.15) is 0 Å². The molecule has 0 spiro atoms. The van der Waals surface area contributed by atoms with Gasteiger partial charge in [0.2, 0.25) is 0 Å². The van der Waals surface area contributed by atoms with Crippen LogP contribution in [-0.4, -0.2) is 44.0 Å². The van der Waals surface area contributed by atoms with Gasteiger partial charge in [0.15, 0.2) is 0 Å². The number of likely N-dealkylation sites (tertiary alicyclic amines) is 1. The molecule has 0 atom stereocenters. The Morgan fingerprint density at radius 1 is 1.30 bits per heavy atom. The molecule has 1 aromatic carbocycles. The Morgan fingerprint density at radius 3 is 2.25 bits per heavy atom. The number of benzene rings is 1. The second-order valence-electron chi connectivity index (χ2n) is 5.35. The van der Waals surface area contributed by atoms with E-state index >= 15 is 0 Å². The molecule has 1 aromatic rings. The third-order valence-electron chi connectivity index (χ3n) is 3.92. The van der Waals surface area contributed by atoms with Gasteiger partial charge >= 0.3 is 0 Å². The molecule has 2 rings (SSSR count). The molecule has 1 saturated heterocycles. The lowest BCUT2D eigenvalue weighted by Gasteiger charge is -2.36. The van der Waals surface area contributed by atoms with E-state index in [1.807, 2.05) is 7.05 Å². The second-order valence-corrected chi connectivity index (χ2v) is 5.35. The number of anilines is 1. The summed E-state index contributed by atoms with van der Waals surface area (Å²) in [4.78, 5) is 3.87. The van der Waals surface area contributed by atoms with Crippen LogP contribution in [0, 0.1) is 17.0 Å². The molecule has 6 heteroatoms. The maximum atomic E-state index is 14.1. The summed E-state index contributed by atoms with van der Waals surface area (Å²) < 4.78 is 28.2. The molecule has 0 radical (unpaired) electrons. The van der Waals surface area contributed by atoms with Crippen molar-refractivity contribution in [3.05, 3.63) is 29.3 Å². The first kappa shape index (κ1) is 14.7. The summed E-state index contributed by atoms with van der Waals surface area (Å²) in [6.45, 7) is 1.84. The topological polar surface area (TPSA) is 56.4 Å². The van der Waals surface area contributed by atoms with E-state index in [0.717, 1.165) is 38.1 Å². The SMILES string of the molecule is CN1CCC(N(C)c2c(F)cc(C(=N)N)cc2F)CC1. The van der Waals surface area contributed by atoms with Crippen molar-refractivity contribution in [1.82, 2.24) is 4.90 Å². The summed E-state index contributed by atoms with van der Waals surface area (Å²) in [5.74, 6) is -1.68. The molecular weight excluding hydrogens is 262 g/mol. The Labute approximate surface area is 117 Å².